The van der Waals surface area contributed by atoms with Crippen molar-refractivity contribution in [2.45, 2.75) is 19.9 Å². The Balaban J connectivity index is 2.29. The molecule has 1 unspecified atom stereocenters. The van der Waals surface area contributed by atoms with Gasteiger partial charge in [0, 0.05) is 32.7 Å². The van der Waals surface area contributed by atoms with Crippen molar-refractivity contribution in [2.24, 2.45) is 0 Å². The predicted molar refractivity (Wildman–Crippen MR) is 68.9 cm³/mol. The second kappa shape index (κ2) is 7.30. The van der Waals surface area contributed by atoms with Crippen LogP contribution in [0, 0.1) is 0 Å². The van der Waals surface area contributed by atoms with Crippen LogP contribution in [0.3, 0.4) is 0 Å². The minimum Gasteiger partial charge on any atom is -0.338 e. The van der Waals surface area contributed by atoms with Crippen LogP contribution in [0.25, 0.3) is 0 Å². The van der Waals surface area contributed by atoms with Crippen molar-refractivity contribution in [3.63, 3.8) is 0 Å². The molecule has 1 aliphatic heterocycles. The SMILES string of the molecule is CCNC(=O)NC(=O)C(C)NN1CCN(C)CC1. The van der Waals surface area contributed by atoms with Crippen LogP contribution >= 0.6 is 0 Å². The lowest BCUT2D eigenvalue weighted by Gasteiger charge is -2.34. The summed E-state index contributed by atoms with van der Waals surface area (Å²) in [5.41, 5.74) is 3.10. The van der Waals surface area contributed by atoms with E-state index in [-0.39, 0.29) is 5.91 Å². The van der Waals surface area contributed by atoms with Gasteiger partial charge in [-0.25, -0.2) is 15.2 Å². The van der Waals surface area contributed by atoms with Crippen molar-refractivity contribution in [2.75, 3.05) is 39.8 Å². The van der Waals surface area contributed by atoms with E-state index in [9.17, 15) is 9.59 Å². The van der Waals surface area contributed by atoms with Gasteiger partial charge in [0.2, 0.25) is 5.91 Å². The molecule has 0 aromatic heterocycles. The van der Waals surface area contributed by atoms with Gasteiger partial charge in [-0.15, -0.1) is 0 Å². The fourth-order valence-electron chi connectivity index (χ4n) is 1.69. The van der Waals surface area contributed by atoms with Crippen molar-refractivity contribution in [1.82, 2.24) is 26.0 Å². The lowest BCUT2D eigenvalue weighted by Crippen LogP contribution is -2.57. The van der Waals surface area contributed by atoms with E-state index in [4.69, 9.17) is 0 Å². The maximum atomic E-state index is 11.7. The number of likely N-dealkylation sites (N-methyl/N-ethyl adjacent to an activating group) is 1. The first-order valence-electron chi connectivity index (χ1n) is 6.31. The van der Waals surface area contributed by atoms with Crippen molar-refractivity contribution in [3.8, 4) is 0 Å². The Labute approximate surface area is 108 Å². The number of nitrogens with one attached hydrogen (secondary N) is 3. The van der Waals surface area contributed by atoms with E-state index >= 15 is 0 Å². The van der Waals surface area contributed by atoms with Crippen molar-refractivity contribution < 1.29 is 9.59 Å². The molecule has 18 heavy (non-hydrogen) atoms. The molecular weight excluding hydrogens is 234 g/mol. The van der Waals surface area contributed by atoms with Gasteiger partial charge >= 0.3 is 6.03 Å². The van der Waals surface area contributed by atoms with Crippen LogP contribution in [0.2, 0.25) is 0 Å². The summed E-state index contributed by atoms with van der Waals surface area (Å²) in [6.07, 6.45) is 0. The molecule has 1 atom stereocenters. The zero-order chi connectivity index (χ0) is 13.5. The molecule has 104 valence electrons. The number of amides is 3. The highest BCUT2D eigenvalue weighted by molar-refractivity contribution is 5.96. The van der Waals surface area contributed by atoms with Crippen LogP contribution < -0.4 is 16.1 Å². The zero-order valence-electron chi connectivity index (χ0n) is 11.3. The fourth-order valence-corrected chi connectivity index (χ4v) is 1.69. The van der Waals surface area contributed by atoms with Crippen molar-refractivity contribution in [1.29, 1.82) is 0 Å². The molecule has 3 N–H and O–H groups in total. The largest absolute Gasteiger partial charge is 0.338 e. The van der Waals surface area contributed by atoms with Crippen LogP contribution in [-0.2, 0) is 4.79 Å². The standard InChI is InChI=1S/C11H23N5O2/c1-4-12-11(18)13-10(17)9(2)14-16-7-5-15(3)6-8-16/h9,14H,4-8H2,1-3H3,(H2,12,13,17,18). The Morgan fingerprint density at radius 3 is 2.39 bits per heavy atom. The van der Waals surface area contributed by atoms with Crippen molar-refractivity contribution >= 4 is 11.9 Å². The number of hydrazine groups is 1. The highest BCUT2D eigenvalue weighted by Gasteiger charge is 2.20. The Morgan fingerprint density at radius 1 is 1.22 bits per heavy atom. The van der Waals surface area contributed by atoms with E-state index in [0.29, 0.717) is 6.54 Å². The van der Waals surface area contributed by atoms with E-state index < -0.39 is 12.1 Å². The molecule has 1 aliphatic rings. The van der Waals surface area contributed by atoms with Crippen LogP contribution in [0.15, 0.2) is 0 Å². The van der Waals surface area contributed by atoms with Gasteiger partial charge in [-0.05, 0) is 20.9 Å². The summed E-state index contributed by atoms with van der Waals surface area (Å²) in [7, 11) is 2.07. The molecular formula is C11H23N5O2. The van der Waals surface area contributed by atoms with E-state index in [0.717, 1.165) is 26.2 Å². The summed E-state index contributed by atoms with van der Waals surface area (Å²) in [5.74, 6) is -0.320. The number of carbonyl (C=O) groups is 2. The zero-order valence-corrected chi connectivity index (χ0v) is 11.3. The number of hydrogen-bond donors (Lipinski definition) is 3. The minimum absolute atomic E-state index is 0.320. The molecule has 0 bridgehead atoms. The molecule has 0 radical (unpaired) electrons. The second-order valence-electron chi connectivity index (χ2n) is 4.49. The van der Waals surface area contributed by atoms with Gasteiger partial charge in [0.25, 0.3) is 0 Å². The van der Waals surface area contributed by atoms with E-state index in [1.807, 2.05) is 5.01 Å². The molecule has 1 fully saturated rings. The number of nitrogens with zero attached hydrogens (tertiary/aromatic N) is 2. The van der Waals surface area contributed by atoms with Crippen molar-refractivity contribution in [3.05, 3.63) is 0 Å². The quantitative estimate of drug-likeness (QED) is 0.600. The average Bonchev–Trinajstić information content (AvgIpc) is 2.32. The maximum absolute atomic E-state index is 11.7. The molecule has 1 rings (SSSR count). The summed E-state index contributed by atoms with van der Waals surface area (Å²) in [4.78, 5) is 25.1. The third-order valence-electron chi connectivity index (χ3n) is 2.85. The highest BCUT2D eigenvalue weighted by atomic mass is 16.2. The molecule has 0 aromatic carbocycles. The lowest BCUT2D eigenvalue weighted by molar-refractivity contribution is -0.123. The van der Waals surface area contributed by atoms with Crippen LogP contribution in [0.5, 0.6) is 0 Å². The van der Waals surface area contributed by atoms with Crippen LogP contribution in [0.4, 0.5) is 4.79 Å². The Kier molecular flexibility index (Phi) is 6.03. The molecule has 7 heteroatoms. The highest BCUT2D eigenvalue weighted by Crippen LogP contribution is 1.97. The van der Waals surface area contributed by atoms with Gasteiger partial charge in [-0.3, -0.25) is 10.1 Å². The van der Waals surface area contributed by atoms with Crippen LogP contribution in [-0.4, -0.2) is 67.7 Å². The Bertz CT molecular complexity index is 289. The third-order valence-corrected chi connectivity index (χ3v) is 2.85. The number of hydrogen-bond acceptors (Lipinski definition) is 5. The smallest absolute Gasteiger partial charge is 0.321 e. The Hall–Kier alpha value is -1.18. The van der Waals surface area contributed by atoms with Gasteiger partial charge in [0.15, 0.2) is 0 Å². The van der Waals surface area contributed by atoms with Gasteiger partial charge in [-0.2, -0.15) is 0 Å². The van der Waals surface area contributed by atoms with Gasteiger partial charge in [0.1, 0.15) is 0 Å². The summed E-state index contributed by atoms with van der Waals surface area (Å²) in [6.45, 7) is 7.72. The van der Waals surface area contributed by atoms with E-state index in [1.54, 1.807) is 13.8 Å². The molecule has 3 amide bonds. The van der Waals surface area contributed by atoms with Gasteiger partial charge in [0.05, 0.1) is 6.04 Å². The first-order valence-corrected chi connectivity index (χ1v) is 6.31. The normalized spacial score (nSPS) is 19.3. The second-order valence-corrected chi connectivity index (χ2v) is 4.49. The van der Waals surface area contributed by atoms with Gasteiger partial charge < -0.3 is 10.2 Å². The molecule has 1 heterocycles. The number of piperazine rings is 1. The lowest BCUT2D eigenvalue weighted by atomic mass is 10.3. The number of imide groups is 1. The predicted octanol–water partition coefficient (Wildman–Crippen LogP) is -1.03. The minimum atomic E-state index is -0.450. The summed E-state index contributed by atoms with van der Waals surface area (Å²) < 4.78 is 0. The third kappa shape index (κ3) is 4.99. The van der Waals surface area contributed by atoms with Gasteiger partial charge in [-0.1, -0.05) is 0 Å². The molecule has 7 nitrogen and oxygen atoms in total. The monoisotopic (exact) mass is 257 g/mol. The topological polar surface area (TPSA) is 76.7 Å². The number of rotatable bonds is 4. The fraction of sp³-hybridized carbons (Fsp3) is 0.818. The summed E-state index contributed by atoms with van der Waals surface area (Å²) in [6, 6.07) is -0.870. The molecule has 1 saturated heterocycles. The average molecular weight is 257 g/mol. The summed E-state index contributed by atoms with van der Waals surface area (Å²) >= 11 is 0. The first kappa shape index (κ1) is 14.9. The molecule has 0 spiro atoms. The first-order chi connectivity index (χ1) is 8.52. The molecule has 0 aromatic rings. The van der Waals surface area contributed by atoms with E-state index in [1.165, 1.54) is 0 Å². The number of carbonyl (C=O) groups excluding carboxylic acids is 2. The Morgan fingerprint density at radius 2 is 1.83 bits per heavy atom. The molecule has 0 saturated carbocycles. The van der Waals surface area contributed by atoms with E-state index in [2.05, 4.69) is 28.0 Å². The maximum Gasteiger partial charge on any atom is 0.321 e. The summed E-state index contributed by atoms with van der Waals surface area (Å²) in [5, 5.41) is 6.83. The van der Waals surface area contributed by atoms with Crippen LogP contribution in [0.1, 0.15) is 13.8 Å². The number of urea groups is 1. The molecule has 0 aliphatic carbocycles.